The van der Waals surface area contributed by atoms with E-state index in [4.69, 9.17) is 4.74 Å². The molecule has 2 aromatic heterocycles. The molecule has 5 heteroatoms. The molecule has 0 aliphatic carbocycles. The molecule has 16 heavy (non-hydrogen) atoms. The van der Waals surface area contributed by atoms with Crippen LogP contribution in [0.5, 0.6) is 0 Å². The number of ether oxygens (including phenoxy) is 1. The summed E-state index contributed by atoms with van der Waals surface area (Å²) < 4.78 is 7.13. The van der Waals surface area contributed by atoms with Crippen LogP contribution in [0.15, 0.2) is 18.5 Å². The highest BCUT2D eigenvalue weighted by Gasteiger charge is 2.13. The first-order valence-corrected chi connectivity index (χ1v) is 5.28. The van der Waals surface area contributed by atoms with E-state index in [-0.39, 0.29) is 0 Å². The molecule has 0 spiro atoms. The van der Waals surface area contributed by atoms with Crippen LogP contribution in [0, 0.1) is 6.92 Å². The molecule has 0 N–H and O–H groups in total. The lowest BCUT2D eigenvalue weighted by molar-refractivity contribution is 0.108. The van der Waals surface area contributed by atoms with Gasteiger partial charge < -0.3 is 4.74 Å². The number of fused-ring (bicyclic) bond motifs is 1. The van der Waals surface area contributed by atoms with Gasteiger partial charge in [-0.15, -0.1) is 5.10 Å². The van der Waals surface area contributed by atoms with Gasteiger partial charge in [-0.2, -0.15) is 10.2 Å². The molecule has 0 unspecified atom stereocenters. The van der Waals surface area contributed by atoms with E-state index in [1.54, 1.807) is 10.9 Å². The molecule has 3 heterocycles. The molecule has 0 fully saturated rings. The van der Waals surface area contributed by atoms with Crippen LogP contribution in [0.3, 0.4) is 0 Å². The predicted molar refractivity (Wildman–Crippen MR) is 57.3 cm³/mol. The highest BCUT2D eigenvalue weighted by Crippen LogP contribution is 2.15. The predicted octanol–water partition coefficient (Wildman–Crippen LogP) is 1.04. The third kappa shape index (κ3) is 1.59. The van der Waals surface area contributed by atoms with Gasteiger partial charge in [-0.3, -0.25) is 0 Å². The van der Waals surface area contributed by atoms with Crippen molar-refractivity contribution in [3.63, 3.8) is 0 Å². The van der Waals surface area contributed by atoms with Crippen molar-refractivity contribution in [2.75, 3.05) is 6.61 Å². The van der Waals surface area contributed by atoms with Gasteiger partial charge in [-0.25, -0.2) is 4.68 Å². The van der Waals surface area contributed by atoms with Crippen molar-refractivity contribution in [1.82, 2.24) is 20.0 Å². The largest absolute Gasteiger partial charge is 0.376 e. The van der Waals surface area contributed by atoms with Gasteiger partial charge in [0, 0.05) is 18.2 Å². The molecule has 0 saturated heterocycles. The molecule has 0 bridgehead atoms. The molecule has 2 aromatic rings. The average Bonchev–Trinajstić information content (AvgIpc) is 2.75. The summed E-state index contributed by atoms with van der Waals surface area (Å²) >= 11 is 0. The van der Waals surface area contributed by atoms with E-state index in [0.717, 1.165) is 35.7 Å². The first-order chi connectivity index (χ1) is 7.83. The summed E-state index contributed by atoms with van der Waals surface area (Å²) in [7, 11) is 0. The first-order valence-electron chi connectivity index (χ1n) is 5.28. The van der Waals surface area contributed by atoms with Crippen LogP contribution in [0.4, 0.5) is 0 Å². The summed E-state index contributed by atoms with van der Waals surface area (Å²) in [6, 6.07) is 1.99. The second kappa shape index (κ2) is 3.68. The summed E-state index contributed by atoms with van der Waals surface area (Å²) in [4.78, 5) is 0. The Bertz CT molecular complexity index is 520. The van der Waals surface area contributed by atoms with E-state index < -0.39 is 0 Å². The number of nitrogens with zero attached hydrogens (tertiary/aromatic N) is 4. The molecular weight excluding hydrogens is 204 g/mol. The molecular formula is C11H12N4O. The Morgan fingerprint density at radius 2 is 2.31 bits per heavy atom. The van der Waals surface area contributed by atoms with Gasteiger partial charge >= 0.3 is 0 Å². The fourth-order valence-electron chi connectivity index (χ4n) is 1.78. The van der Waals surface area contributed by atoms with E-state index in [0.29, 0.717) is 6.61 Å². The second-order valence-electron chi connectivity index (χ2n) is 3.94. The molecule has 0 amide bonds. The lowest BCUT2D eigenvalue weighted by atomic mass is 10.1. The molecule has 5 nitrogen and oxygen atoms in total. The maximum Gasteiger partial charge on any atom is 0.176 e. The molecule has 82 valence electrons. The van der Waals surface area contributed by atoms with Crippen LogP contribution >= 0.6 is 0 Å². The van der Waals surface area contributed by atoms with Gasteiger partial charge in [0.25, 0.3) is 0 Å². The van der Waals surface area contributed by atoms with Crippen molar-refractivity contribution in [2.45, 2.75) is 20.0 Å². The van der Waals surface area contributed by atoms with Crippen molar-refractivity contribution >= 4 is 0 Å². The molecule has 1 aliphatic rings. The smallest absolute Gasteiger partial charge is 0.176 e. The average molecular weight is 216 g/mol. The zero-order valence-corrected chi connectivity index (χ0v) is 9.05. The fourth-order valence-corrected chi connectivity index (χ4v) is 1.78. The number of rotatable bonds is 1. The van der Waals surface area contributed by atoms with Crippen molar-refractivity contribution in [3.8, 4) is 5.82 Å². The second-order valence-corrected chi connectivity index (χ2v) is 3.94. The highest BCUT2D eigenvalue weighted by molar-refractivity contribution is 5.30. The molecule has 1 aliphatic heterocycles. The summed E-state index contributed by atoms with van der Waals surface area (Å²) in [5, 5.41) is 12.6. The SMILES string of the molecule is Cc1cnn(-c2cc3c(nn2)CCOC3)c1. The lowest BCUT2D eigenvalue weighted by Gasteiger charge is -2.14. The summed E-state index contributed by atoms with van der Waals surface area (Å²) in [5.74, 6) is 0.748. The third-order valence-corrected chi connectivity index (χ3v) is 2.63. The zero-order valence-electron chi connectivity index (χ0n) is 9.05. The lowest BCUT2D eigenvalue weighted by Crippen LogP contribution is -2.14. The Balaban J connectivity index is 2.02. The Hall–Kier alpha value is -1.75. The Kier molecular flexibility index (Phi) is 2.18. The van der Waals surface area contributed by atoms with Crippen LogP contribution in [0.2, 0.25) is 0 Å². The standard InChI is InChI=1S/C11H12N4O/c1-8-5-12-15(6-8)11-4-9-7-16-3-2-10(9)13-14-11/h4-6H,2-3,7H2,1H3. The van der Waals surface area contributed by atoms with Crippen LogP contribution in [-0.4, -0.2) is 26.6 Å². The molecule has 0 saturated carbocycles. The molecule has 0 atom stereocenters. The maximum atomic E-state index is 5.39. The number of hydrogen-bond donors (Lipinski definition) is 0. The zero-order chi connectivity index (χ0) is 11.0. The summed E-state index contributed by atoms with van der Waals surface area (Å²) in [5.41, 5.74) is 3.26. The van der Waals surface area contributed by atoms with E-state index in [9.17, 15) is 0 Å². The molecule has 0 radical (unpaired) electrons. The normalized spacial score (nSPS) is 14.8. The minimum atomic E-state index is 0.623. The van der Waals surface area contributed by atoms with Gasteiger partial charge in [0.15, 0.2) is 5.82 Å². The summed E-state index contributed by atoms with van der Waals surface area (Å²) in [6.45, 7) is 3.36. The first kappa shape index (κ1) is 9.47. The van der Waals surface area contributed by atoms with Crippen molar-refractivity contribution in [3.05, 3.63) is 35.3 Å². The number of hydrogen-bond acceptors (Lipinski definition) is 4. The van der Waals surface area contributed by atoms with Crippen LogP contribution in [-0.2, 0) is 17.8 Å². The third-order valence-electron chi connectivity index (χ3n) is 2.63. The monoisotopic (exact) mass is 216 g/mol. The number of aryl methyl sites for hydroxylation is 1. The van der Waals surface area contributed by atoms with Gasteiger partial charge in [0.2, 0.25) is 0 Å². The van der Waals surface area contributed by atoms with Gasteiger partial charge in [-0.1, -0.05) is 0 Å². The minimum Gasteiger partial charge on any atom is -0.376 e. The van der Waals surface area contributed by atoms with E-state index in [1.807, 2.05) is 19.2 Å². The van der Waals surface area contributed by atoms with E-state index >= 15 is 0 Å². The van der Waals surface area contributed by atoms with Crippen LogP contribution < -0.4 is 0 Å². The van der Waals surface area contributed by atoms with Gasteiger partial charge in [0.05, 0.1) is 25.1 Å². The molecule has 3 rings (SSSR count). The van der Waals surface area contributed by atoms with E-state index in [2.05, 4.69) is 15.3 Å². The van der Waals surface area contributed by atoms with Crippen molar-refractivity contribution in [2.24, 2.45) is 0 Å². The van der Waals surface area contributed by atoms with Crippen LogP contribution in [0.1, 0.15) is 16.8 Å². The fraction of sp³-hybridized carbons (Fsp3) is 0.364. The Morgan fingerprint density at radius 3 is 3.12 bits per heavy atom. The maximum absolute atomic E-state index is 5.39. The summed E-state index contributed by atoms with van der Waals surface area (Å²) in [6.07, 6.45) is 4.58. The minimum absolute atomic E-state index is 0.623. The van der Waals surface area contributed by atoms with Gasteiger partial charge in [0.1, 0.15) is 0 Å². The van der Waals surface area contributed by atoms with Gasteiger partial charge in [-0.05, 0) is 18.6 Å². The molecule has 0 aromatic carbocycles. The van der Waals surface area contributed by atoms with Crippen molar-refractivity contribution < 1.29 is 4.74 Å². The Morgan fingerprint density at radius 1 is 1.38 bits per heavy atom. The quantitative estimate of drug-likeness (QED) is 0.714. The van der Waals surface area contributed by atoms with E-state index in [1.165, 1.54) is 0 Å². The van der Waals surface area contributed by atoms with Crippen molar-refractivity contribution in [1.29, 1.82) is 0 Å². The number of aromatic nitrogens is 4. The Labute approximate surface area is 93.1 Å². The highest BCUT2D eigenvalue weighted by atomic mass is 16.5. The topological polar surface area (TPSA) is 52.8 Å². The van der Waals surface area contributed by atoms with Crippen LogP contribution in [0.25, 0.3) is 5.82 Å².